The van der Waals surface area contributed by atoms with Crippen molar-refractivity contribution >= 4 is 5.69 Å². The Bertz CT molecular complexity index is 494. The van der Waals surface area contributed by atoms with Crippen LogP contribution in [0, 0.1) is 0 Å². The first-order chi connectivity index (χ1) is 7.76. The zero-order chi connectivity index (χ0) is 11.5. The van der Waals surface area contributed by atoms with Gasteiger partial charge in [0.1, 0.15) is 5.75 Å². The van der Waals surface area contributed by atoms with Crippen molar-refractivity contribution in [1.82, 2.24) is 20.2 Å². The Balaban J connectivity index is 2.45. The Morgan fingerprint density at radius 3 is 2.88 bits per heavy atom. The third kappa shape index (κ3) is 1.69. The normalized spacial score (nSPS) is 10.4. The molecule has 0 spiro atoms. The average molecular weight is 219 g/mol. The minimum Gasteiger partial charge on any atom is -0.495 e. The maximum Gasteiger partial charge on any atom is 0.156 e. The number of nitrogen functional groups attached to an aromatic ring is 1. The molecule has 2 aromatic rings. The van der Waals surface area contributed by atoms with Crippen molar-refractivity contribution < 1.29 is 4.74 Å². The number of aryl methyl sites for hydroxylation is 1. The molecule has 1 aromatic heterocycles. The molecule has 1 heterocycles. The summed E-state index contributed by atoms with van der Waals surface area (Å²) in [6, 6.07) is 5.45. The van der Waals surface area contributed by atoms with Gasteiger partial charge in [0, 0.05) is 6.42 Å². The number of anilines is 1. The molecule has 0 radical (unpaired) electrons. The fourth-order valence-corrected chi connectivity index (χ4v) is 1.48. The van der Waals surface area contributed by atoms with Gasteiger partial charge in [0.2, 0.25) is 0 Å². The third-order valence-corrected chi connectivity index (χ3v) is 2.31. The van der Waals surface area contributed by atoms with Crippen LogP contribution in [0.4, 0.5) is 5.69 Å². The first-order valence-electron chi connectivity index (χ1n) is 4.97. The lowest BCUT2D eigenvalue weighted by molar-refractivity contribution is 0.417. The highest BCUT2D eigenvalue weighted by Crippen LogP contribution is 2.23. The van der Waals surface area contributed by atoms with Crippen molar-refractivity contribution in [2.45, 2.75) is 13.3 Å². The van der Waals surface area contributed by atoms with Gasteiger partial charge in [-0.15, -0.1) is 5.10 Å². The smallest absolute Gasteiger partial charge is 0.156 e. The van der Waals surface area contributed by atoms with Gasteiger partial charge in [0.15, 0.2) is 5.82 Å². The number of hydrogen-bond acceptors (Lipinski definition) is 5. The molecule has 0 unspecified atom stereocenters. The molecule has 0 atom stereocenters. The van der Waals surface area contributed by atoms with E-state index in [1.807, 2.05) is 13.0 Å². The number of hydrogen-bond donors (Lipinski definition) is 1. The summed E-state index contributed by atoms with van der Waals surface area (Å²) in [5.74, 6) is 1.44. The highest BCUT2D eigenvalue weighted by Gasteiger charge is 2.08. The second-order valence-corrected chi connectivity index (χ2v) is 3.29. The lowest BCUT2D eigenvalue weighted by Gasteiger charge is -2.07. The van der Waals surface area contributed by atoms with E-state index in [-0.39, 0.29) is 0 Å². The first-order valence-corrected chi connectivity index (χ1v) is 4.97. The molecule has 0 aliphatic carbocycles. The van der Waals surface area contributed by atoms with Crippen molar-refractivity contribution in [3.63, 3.8) is 0 Å². The molecular formula is C10H13N5O. The van der Waals surface area contributed by atoms with Crippen LogP contribution in [0.25, 0.3) is 5.69 Å². The zero-order valence-corrected chi connectivity index (χ0v) is 9.21. The van der Waals surface area contributed by atoms with Gasteiger partial charge in [0.05, 0.1) is 18.5 Å². The van der Waals surface area contributed by atoms with Crippen molar-refractivity contribution in [2.75, 3.05) is 12.8 Å². The van der Waals surface area contributed by atoms with Gasteiger partial charge in [-0.25, -0.2) is 0 Å². The number of rotatable bonds is 3. The summed E-state index contributed by atoms with van der Waals surface area (Å²) in [4.78, 5) is 0. The number of tetrazole rings is 1. The van der Waals surface area contributed by atoms with E-state index in [9.17, 15) is 0 Å². The molecule has 2 N–H and O–H groups in total. The predicted octanol–water partition coefficient (Wildman–Crippen LogP) is 0.815. The Morgan fingerprint density at radius 2 is 2.25 bits per heavy atom. The van der Waals surface area contributed by atoms with E-state index in [4.69, 9.17) is 10.5 Å². The van der Waals surface area contributed by atoms with Crippen LogP contribution in [0.5, 0.6) is 5.75 Å². The highest BCUT2D eigenvalue weighted by molar-refractivity contribution is 5.58. The van der Waals surface area contributed by atoms with E-state index in [2.05, 4.69) is 15.5 Å². The quantitative estimate of drug-likeness (QED) is 0.773. The molecule has 0 saturated carbocycles. The largest absolute Gasteiger partial charge is 0.495 e. The maximum absolute atomic E-state index is 5.82. The van der Waals surface area contributed by atoms with Crippen molar-refractivity contribution in [1.29, 1.82) is 0 Å². The zero-order valence-electron chi connectivity index (χ0n) is 9.21. The lowest BCUT2D eigenvalue weighted by Crippen LogP contribution is -2.03. The van der Waals surface area contributed by atoms with Gasteiger partial charge in [-0.3, -0.25) is 0 Å². The standard InChI is InChI=1S/C10H13N5O/c1-3-10-12-13-14-15(10)7-4-5-9(16-2)8(11)6-7/h4-6H,3,11H2,1-2H3. The highest BCUT2D eigenvalue weighted by atomic mass is 16.5. The minimum absolute atomic E-state index is 0.567. The molecule has 16 heavy (non-hydrogen) atoms. The van der Waals surface area contributed by atoms with Gasteiger partial charge in [-0.2, -0.15) is 4.68 Å². The van der Waals surface area contributed by atoms with E-state index >= 15 is 0 Å². The second kappa shape index (κ2) is 4.18. The number of benzene rings is 1. The van der Waals surface area contributed by atoms with Crippen LogP contribution < -0.4 is 10.5 Å². The fraction of sp³-hybridized carbons (Fsp3) is 0.300. The molecule has 84 valence electrons. The topological polar surface area (TPSA) is 78.8 Å². The molecule has 0 aliphatic heterocycles. The number of nitrogens with two attached hydrogens (primary N) is 1. The van der Waals surface area contributed by atoms with Crippen LogP contribution in [-0.2, 0) is 6.42 Å². The van der Waals surface area contributed by atoms with E-state index in [0.717, 1.165) is 17.9 Å². The molecule has 0 saturated heterocycles. The Kier molecular flexibility index (Phi) is 2.72. The number of aromatic nitrogens is 4. The summed E-state index contributed by atoms with van der Waals surface area (Å²) in [5, 5.41) is 11.5. The Morgan fingerprint density at radius 1 is 1.44 bits per heavy atom. The van der Waals surface area contributed by atoms with Gasteiger partial charge in [-0.05, 0) is 28.6 Å². The summed E-state index contributed by atoms with van der Waals surface area (Å²) in [6.07, 6.45) is 0.763. The summed E-state index contributed by atoms with van der Waals surface area (Å²) < 4.78 is 6.75. The van der Waals surface area contributed by atoms with Crippen LogP contribution in [-0.4, -0.2) is 27.3 Å². The van der Waals surface area contributed by atoms with Gasteiger partial charge in [-0.1, -0.05) is 6.92 Å². The fourth-order valence-electron chi connectivity index (χ4n) is 1.48. The van der Waals surface area contributed by atoms with E-state index < -0.39 is 0 Å². The van der Waals surface area contributed by atoms with E-state index in [0.29, 0.717) is 11.4 Å². The number of ether oxygens (including phenoxy) is 1. The predicted molar refractivity (Wildman–Crippen MR) is 59.5 cm³/mol. The van der Waals surface area contributed by atoms with Crippen LogP contribution in [0.2, 0.25) is 0 Å². The van der Waals surface area contributed by atoms with Crippen LogP contribution in [0.15, 0.2) is 18.2 Å². The van der Waals surface area contributed by atoms with Crippen LogP contribution in [0.1, 0.15) is 12.7 Å². The maximum atomic E-state index is 5.82. The minimum atomic E-state index is 0.567. The van der Waals surface area contributed by atoms with Gasteiger partial charge < -0.3 is 10.5 Å². The molecular weight excluding hydrogens is 206 g/mol. The average Bonchev–Trinajstić information content (AvgIpc) is 2.77. The van der Waals surface area contributed by atoms with Crippen LogP contribution in [0.3, 0.4) is 0 Å². The lowest BCUT2D eigenvalue weighted by atomic mass is 10.2. The summed E-state index contributed by atoms with van der Waals surface area (Å²) in [7, 11) is 1.58. The third-order valence-electron chi connectivity index (χ3n) is 2.31. The molecule has 6 nitrogen and oxygen atoms in total. The van der Waals surface area contributed by atoms with Gasteiger partial charge in [0.25, 0.3) is 0 Å². The van der Waals surface area contributed by atoms with Gasteiger partial charge >= 0.3 is 0 Å². The molecule has 0 bridgehead atoms. The Hall–Kier alpha value is -2.11. The van der Waals surface area contributed by atoms with E-state index in [1.54, 1.807) is 23.9 Å². The summed E-state index contributed by atoms with van der Waals surface area (Å²) in [5.41, 5.74) is 7.22. The molecule has 0 fully saturated rings. The SMILES string of the molecule is CCc1nnnn1-c1ccc(OC)c(N)c1. The molecule has 1 aromatic carbocycles. The van der Waals surface area contributed by atoms with Crippen molar-refractivity contribution in [2.24, 2.45) is 0 Å². The number of nitrogens with zero attached hydrogens (tertiary/aromatic N) is 4. The molecule has 6 heteroatoms. The molecule has 2 rings (SSSR count). The molecule has 0 amide bonds. The van der Waals surface area contributed by atoms with Crippen molar-refractivity contribution in [3.05, 3.63) is 24.0 Å². The monoisotopic (exact) mass is 219 g/mol. The van der Waals surface area contributed by atoms with Crippen molar-refractivity contribution in [3.8, 4) is 11.4 Å². The second-order valence-electron chi connectivity index (χ2n) is 3.29. The summed E-state index contributed by atoms with van der Waals surface area (Å²) >= 11 is 0. The first kappa shape index (κ1) is 10.4. The molecule has 0 aliphatic rings. The Labute approximate surface area is 93.0 Å². The number of methoxy groups -OCH3 is 1. The van der Waals surface area contributed by atoms with Crippen LogP contribution >= 0.6 is 0 Å². The summed E-state index contributed by atoms with van der Waals surface area (Å²) in [6.45, 7) is 2.00. The van der Waals surface area contributed by atoms with E-state index in [1.165, 1.54) is 0 Å².